The molecule has 0 saturated carbocycles. The van der Waals surface area contributed by atoms with Gasteiger partial charge < -0.3 is 10.6 Å². The van der Waals surface area contributed by atoms with E-state index in [9.17, 15) is 4.79 Å². The summed E-state index contributed by atoms with van der Waals surface area (Å²) < 4.78 is 0. The highest BCUT2D eigenvalue weighted by Crippen LogP contribution is 2.20. The molecule has 0 aromatic heterocycles. The van der Waals surface area contributed by atoms with E-state index in [2.05, 4.69) is 20.8 Å². The third kappa shape index (κ3) is 5.45. The molecule has 0 aliphatic carbocycles. The third-order valence-corrected chi connectivity index (χ3v) is 2.26. The van der Waals surface area contributed by atoms with Crippen molar-refractivity contribution in [2.75, 3.05) is 13.1 Å². The van der Waals surface area contributed by atoms with E-state index in [1.54, 1.807) is 0 Å². The normalized spacial score (nSPS) is 12.7. The topological polar surface area (TPSA) is 46.3 Å². The number of carbonyl (C=O) groups excluding carboxylic acids is 1. The van der Waals surface area contributed by atoms with Crippen molar-refractivity contribution in [3.63, 3.8) is 0 Å². The maximum Gasteiger partial charge on any atom is 0.264 e. The first-order chi connectivity index (χ1) is 6.81. The van der Waals surface area contributed by atoms with Crippen LogP contribution < -0.4 is 5.73 Å². The number of nitrogens with two attached hydrogens (primary N) is 1. The van der Waals surface area contributed by atoms with Gasteiger partial charge in [-0.3, -0.25) is 4.79 Å². The van der Waals surface area contributed by atoms with E-state index in [1.807, 2.05) is 24.8 Å². The molecule has 0 bridgehead atoms. The summed E-state index contributed by atoms with van der Waals surface area (Å²) in [6, 6.07) is 0. The van der Waals surface area contributed by atoms with Gasteiger partial charge >= 0.3 is 0 Å². The van der Waals surface area contributed by atoms with Crippen LogP contribution in [0.3, 0.4) is 0 Å². The maximum atomic E-state index is 11.3. The zero-order valence-corrected chi connectivity index (χ0v) is 10.6. The molecule has 0 spiro atoms. The zero-order chi connectivity index (χ0) is 12.1. The molecule has 0 aliphatic rings. The van der Waals surface area contributed by atoms with Gasteiger partial charge in [-0.2, -0.15) is 0 Å². The zero-order valence-electron chi connectivity index (χ0n) is 10.6. The van der Waals surface area contributed by atoms with Crippen molar-refractivity contribution < 1.29 is 4.79 Å². The molecular formula is C12H24N2O. The Bertz CT molecular complexity index is 234. The average molecular weight is 212 g/mol. The Morgan fingerprint density at radius 2 is 1.73 bits per heavy atom. The fourth-order valence-electron chi connectivity index (χ4n) is 1.35. The van der Waals surface area contributed by atoms with Crippen molar-refractivity contribution in [2.45, 2.75) is 41.0 Å². The Labute approximate surface area is 93.3 Å². The van der Waals surface area contributed by atoms with Gasteiger partial charge in [0.15, 0.2) is 0 Å². The highest BCUT2D eigenvalue weighted by atomic mass is 16.1. The summed E-state index contributed by atoms with van der Waals surface area (Å²) in [6.45, 7) is 12.1. The Kier molecular flexibility index (Phi) is 5.40. The molecule has 0 aliphatic heterocycles. The standard InChI is InChI=1S/C12H24N2O/c1-6-14(7-2)10(11(13)15)8-9-12(3,4)5/h8H,6-7,9H2,1-5H3,(H2,13,15)/b10-8+. The SMILES string of the molecule is CCN(CC)/C(=C/CC(C)(C)C)C(N)=O. The molecule has 0 atom stereocenters. The molecular weight excluding hydrogens is 188 g/mol. The van der Waals surface area contributed by atoms with E-state index in [0.29, 0.717) is 5.70 Å². The highest BCUT2D eigenvalue weighted by molar-refractivity contribution is 5.91. The van der Waals surface area contributed by atoms with Gasteiger partial charge in [0, 0.05) is 13.1 Å². The number of hydrogen-bond acceptors (Lipinski definition) is 2. The largest absolute Gasteiger partial charge is 0.368 e. The minimum Gasteiger partial charge on any atom is -0.368 e. The predicted octanol–water partition coefficient (Wildman–Crippen LogP) is 2.13. The van der Waals surface area contributed by atoms with Crippen LogP contribution in [0.2, 0.25) is 0 Å². The van der Waals surface area contributed by atoms with E-state index in [1.165, 1.54) is 0 Å². The molecule has 0 aromatic carbocycles. The second-order valence-corrected chi connectivity index (χ2v) is 4.89. The highest BCUT2D eigenvalue weighted by Gasteiger charge is 2.14. The maximum absolute atomic E-state index is 11.3. The smallest absolute Gasteiger partial charge is 0.264 e. The van der Waals surface area contributed by atoms with Crippen LogP contribution in [0.1, 0.15) is 41.0 Å². The van der Waals surface area contributed by atoms with Crippen LogP contribution in [0.15, 0.2) is 11.8 Å². The quantitative estimate of drug-likeness (QED) is 0.710. The first-order valence-electron chi connectivity index (χ1n) is 5.56. The lowest BCUT2D eigenvalue weighted by molar-refractivity contribution is -0.116. The molecule has 88 valence electrons. The minimum absolute atomic E-state index is 0.188. The lowest BCUT2D eigenvalue weighted by atomic mass is 9.92. The molecule has 1 amide bonds. The molecule has 2 N–H and O–H groups in total. The van der Waals surface area contributed by atoms with Crippen molar-refractivity contribution >= 4 is 5.91 Å². The van der Waals surface area contributed by atoms with Crippen LogP contribution in [0.25, 0.3) is 0 Å². The number of hydrogen-bond donors (Lipinski definition) is 1. The van der Waals surface area contributed by atoms with Crippen LogP contribution in [0, 0.1) is 5.41 Å². The molecule has 0 rings (SSSR count). The van der Waals surface area contributed by atoms with Gasteiger partial charge in [-0.05, 0) is 25.7 Å². The van der Waals surface area contributed by atoms with Crippen molar-refractivity contribution in [1.29, 1.82) is 0 Å². The Balaban J connectivity index is 4.73. The van der Waals surface area contributed by atoms with Crippen LogP contribution in [0.4, 0.5) is 0 Å². The van der Waals surface area contributed by atoms with Crippen molar-refractivity contribution in [2.24, 2.45) is 11.1 Å². The molecule has 0 heterocycles. The van der Waals surface area contributed by atoms with Gasteiger partial charge in [0.1, 0.15) is 0 Å². The summed E-state index contributed by atoms with van der Waals surface area (Å²) >= 11 is 0. The number of carbonyl (C=O) groups is 1. The summed E-state index contributed by atoms with van der Waals surface area (Å²) in [5.74, 6) is -0.331. The second-order valence-electron chi connectivity index (χ2n) is 4.89. The van der Waals surface area contributed by atoms with Crippen molar-refractivity contribution in [3.8, 4) is 0 Å². The molecule has 3 nitrogen and oxygen atoms in total. The van der Waals surface area contributed by atoms with Crippen LogP contribution in [0.5, 0.6) is 0 Å². The van der Waals surface area contributed by atoms with Gasteiger partial charge in [0.05, 0.1) is 5.70 Å². The lowest BCUT2D eigenvalue weighted by Gasteiger charge is -2.24. The van der Waals surface area contributed by atoms with Gasteiger partial charge in [0.2, 0.25) is 0 Å². The predicted molar refractivity (Wildman–Crippen MR) is 64.3 cm³/mol. The minimum atomic E-state index is -0.331. The lowest BCUT2D eigenvalue weighted by Crippen LogP contribution is -2.31. The molecule has 0 unspecified atom stereocenters. The Hall–Kier alpha value is -0.990. The number of amides is 1. The number of rotatable bonds is 5. The first-order valence-corrected chi connectivity index (χ1v) is 5.56. The van der Waals surface area contributed by atoms with Crippen molar-refractivity contribution in [3.05, 3.63) is 11.8 Å². The van der Waals surface area contributed by atoms with E-state index in [0.717, 1.165) is 19.5 Å². The summed E-state index contributed by atoms with van der Waals surface area (Å²) in [5.41, 5.74) is 6.21. The molecule has 0 radical (unpaired) electrons. The third-order valence-electron chi connectivity index (χ3n) is 2.26. The average Bonchev–Trinajstić information content (AvgIpc) is 2.09. The number of nitrogens with zero attached hydrogens (tertiary/aromatic N) is 1. The Morgan fingerprint density at radius 3 is 2.00 bits per heavy atom. The summed E-state index contributed by atoms with van der Waals surface area (Å²) in [4.78, 5) is 13.3. The second kappa shape index (κ2) is 5.79. The molecule has 0 aromatic rings. The van der Waals surface area contributed by atoms with Gasteiger partial charge in [-0.1, -0.05) is 26.8 Å². The van der Waals surface area contributed by atoms with Gasteiger partial charge in [-0.15, -0.1) is 0 Å². The number of primary amides is 1. The van der Waals surface area contributed by atoms with E-state index in [-0.39, 0.29) is 11.3 Å². The van der Waals surface area contributed by atoms with Crippen LogP contribution in [-0.2, 0) is 4.79 Å². The Morgan fingerprint density at radius 1 is 1.27 bits per heavy atom. The van der Waals surface area contributed by atoms with Crippen LogP contribution >= 0.6 is 0 Å². The molecule has 3 heteroatoms. The summed E-state index contributed by atoms with van der Waals surface area (Å²) in [7, 11) is 0. The molecule has 0 saturated heterocycles. The van der Waals surface area contributed by atoms with E-state index < -0.39 is 0 Å². The summed E-state index contributed by atoms with van der Waals surface area (Å²) in [6.07, 6.45) is 2.82. The van der Waals surface area contributed by atoms with Gasteiger partial charge in [-0.25, -0.2) is 0 Å². The summed E-state index contributed by atoms with van der Waals surface area (Å²) in [5, 5.41) is 0. The number of likely N-dealkylation sites (N-methyl/N-ethyl adjacent to an activating group) is 1. The van der Waals surface area contributed by atoms with Crippen molar-refractivity contribution in [1.82, 2.24) is 4.90 Å². The van der Waals surface area contributed by atoms with Crippen LogP contribution in [-0.4, -0.2) is 23.9 Å². The molecule has 15 heavy (non-hydrogen) atoms. The van der Waals surface area contributed by atoms with Gasteiger partial charge in [0.25, 0.3) is 5.91 Å². The van der Waals surface area contributed by atoms with E-state index >= 15 is 0 Å². The van der Waals surface area contributed by atoms with E-state index in [4.69, 9.17) is 5.73 Å². The monoisotopic (exact) mass is 212 g/mol. The number of allylic oxidation sites excluding steroid dienone is 1. The first kappa shape index (κ1) is 14.0. The fourth-order valence-corrected chi connectivity index (χ4v) is 1.35. The molecule has 0 fully saturated rings. The fraction of sp³-hybridized carbons (Fsp3) is 0.750.